The fraction of sp³-hybridized carbons (Fsp3) is 0.714. The SMILES string of the molecule is CC(C)(C)n1ncc(CC2(N=C=O)CCNCC2)c1Br. The third-order valence-corrected chi connectivity index (χ3v) is 4.60. The van der Waals surface area contributed by atoms with Gasteiger partial charge in [-0.05, 0) is 62.6 Å². The number of hydrogen-bond acceptors (Lipinski definition) is 4. The van der Waals surface area contributed by atoms with Gasteiger partial charge >= 0.3 is 0 Å². The number of isocyanates is 1. The molecular formula is C14H21BrN4O. The summed E-state index contributed by atoms with van der Waals surface area (Å²) in [5.41, 5.74) is 0.689. The van der Waals surface area contributed by atoms with E-state index < -0.39 is 0 Å². The first-order valence-electron chi connectivity index (χ1n) is 6.91. The van der Waals surface area contributed by atoms with Crippen LogP contribution in [-0.2, 0) is 16.8 Å². The predicted octanol–water partition coefficient (Wildman–Crippen LogP) is 2.40. The van der Waals surface area contributed by atoms with Crippen LogP contribution in [-0.4, -0.2) is 34.5 Å². The first-order valence-corrected chi connectivity index (χ1v) is 7.70. The zero-order valence-corrected chi connectivity index (χ0v) is 13.8. The molecule has 0 amide bonds. The zero-order valence-electron chi connectivity index (χ0n) is 12.2. The van der Waals surface area contributed by atoms with Crippen LogP contribution in [0.15, 0.2) is 15.8 Å². The largest absolute Gasteiger partial charge is 0.317 e. The summed E-state index contributed by atoms with van der Waals surface area (Å²) in [5.74, 6) is 0. The number of nitrogens with one attached hydrogen (secondary N) is 1. The second-order valence-electron chi connectivity index (χ2n) is 6.40. The lowest BCUT2D eigenvalue weighted by Crippen LogP contribution is -2.42. The number of aromatic nitrogens is 2. The molecule has 0 aliphatic carbocycles. The Kier molecular flexibility index (Phi) is 4.47. The average Bonchev–Trinajstić information content (AvgIpc) is 2.72. The first-order chi connectivity index (χ1) is 9.38. The fourth-order valence-electron chi connectivity index (χ4n) is 2.63. The smallest absolute Gasteiger partial charge is 0.235 e. The van der Waals surface area contributed by atoms with E-state index in [4.69, 9.17) is 0 Å². The van der Waals surface area contributed by atoms with Crippen LogP contribution in [0, 0.1) is 0 Å². The molecule has 1 fully saturated rings. The van der Waals surface area contributed by atoms with E-state index in [2.05, 4.69) is 52.1 Å². The maximum atomic E-state index is 10.8. The monoisotopic (exact) mass is 340 g/mol. The van der Waals surface area contributed by atoms with Gasteiger partial charge in [-0.25, -0.2) is 4.79 Å². The molecule has 0 spiro atoms. The molecule has 1 aliphatic rings. The number of carbonyl (C=O) groups excluding carboxylic acids is 1. The van der Waals surface area contributed by atoms with Gasteiger partial charge in [0.2, 0.25) is 6.08 Å². The molecular weight excluding hydrogens is 320 g/mol. The Bertz CT molecular complexity index is 520. The summed E-state index contributed by atoms with van der Waals surface area (Å²) in [6, 6.07) is 0. The summed E-state index contributed by atoms with van der Waals surface area (Å²) < 4.78 is 2.94. The van der Waals surface area contributed by atoms with Gasteiger partial charge in [-0.15, -0.1) is 0 Å². The second-order valence-corrected chi connectivity index (χ2v) is 7.15. The Labute approximate surface area is 128 Å². The van der Waals surface area contributed by atoms with E-state index in [0.717, 1.165) is 42.5 Å². The van der Waals surface area contributed by atoms with E-state index in [1.807, 2.05) is 10.9 Å². The molecule has 0 atom stereocenters. The van der Waals surface area contributed by atoms with E-state index in [9.17, 15) is 4.79 Å². The Morgan fingerprint density at radius 1 is 1.50 bits per heavy atom. The maximum Gasteiger partial charge on any atom is 0.235 e. The van der Waals surface area contributed by atoms with Crippen molar-refractivity contribution in [3.8, 4) is 0 Å². The van der Waals surface area contributed by atoms with Gasteiger partial charge in [0.05, 0.1) is 17.3 Å². The Morgan fingerprint density at radius 2 is 2.15 bits per heavy atom. The number of nitrogens with zero attached hydrogens (tertiary/aromatic N) is 3. The quantitative estimate of drug-likeness (QED) is 0.678. The van der Waals surface area contributed by atoms with Crippen LogP contribution >= 0.6 is 15.9 Å². The van der Waals surface area contributed by atoms with Crippen molar-refractivity contribution in [3.63, 3.8) is 0 Å². The van der Waals surface area contributed by atoms with E-state index in [-0.39, 0.29) is 11.1 Å². The molecule has 1 aliphatic heterocycles. The van der Waals surface area contributed by atoms with Gasteiger partial charge in [0.15, 0.2) is 0 Å². The van der Waals surface area contributed by atoms with Gasteiger partial charge in [-0.1, -0.05) is 0 Å². The Balaban J connectivity index is 2.28. The molecule has 20 heavy (non-hydrogen) atoms. The van der Waals surface area contributed by atoms with Gasteiger partial charge in [0.25, 0.3) is 0 Å². The van der Waals surface area contributed by atoms with Crippen molar-refractivity contribution in [1.82, 2.24) is 15.1 Å². The normalized spacial score (nSPS) is 18.6. The van der Waals surface area contributed by atoms with E-state index in [1.165, 1.54) is 0 Å². The zero-order chi connectivity index (χ0) is 14.8. The third kappa shape index (κ3) is 3.19. The average molecular weight is 341 g/mol. The number of aliphatic imine (C=N–C) groups is 1. The van der Waals surface area contributed by atoms with Gasteiger partial charge in [0.1, 0.15) is 4.60 Å². The summed E-state index contributed by atoms with van der Waals surface area (Å²) in [4.78, 5) is 14.9. The van der Waals surface area contributed by atoms with E-state index in [1.54, 1.807) is 6.08 Å². The molecule has 110 valence electrons. The van der Waals surface area contributed by atoms with Crippen LogP contribution in [0.5, 0.6) is 0 Å². The van der Waals surface area contributed by atoms with Crippen molar-refractivity contribution in [2.45, 2.75) is 51.1 Å². The lowest BCUT2D eigenvalue weighted by Gasteiger charge is -2.32. The van der Waals surface area contributed by atoms with Crippen molar-refractivity contribution in [2.75, 3.05) is 13.1 Å². The van der Waals surface area contributed by atoms with Crippen molar-refractivity contribution in [3.05, 3.63) is 16.4 Å². The summed E-state index contributed by atoms with van der Waals surface area (Å²) in [6.07, 6.45) is 6.07. The first kappa shape index (κ1) is 15.4. The molecule has 1 N–H and O–H groups in total. The third-order valence-electron chi connectivity index (χ3n) is 3.75. The van der Waals surface area contributed by atoms with Gasteiger partial charge in [0, 0.05) is 12.0 Å². The molecule has 0 aromatic carbocycles. The minimum atomic E-state index is -0.332. The number of piperidine rings is 1. The van der Waals surface area contributed by atoms with Crippen molar-refractivity contribution in [2.24, 2.45) is 4.99 Å². The van der Waals surface area contributed by atoms with Crippen LogP contribution in [0.4, 0.5) is 0 Å². The van der Waals surface area contributed by atoms with Crippen molar-refractivity contribution >= 4 is 22.0 Å². The molecule has 0 saturated carbocycles. The lowest BCUT2D eigenvalue weighted by molar-refractivity contribution is 0.308. The highest BCUT2D eigenvalue weighted by molar-refractivity contribution is 9.10. The summed E-state index contributed by atoms with van der Waals surface area (Å²) in [7, 11) is 0. The maximum absolute atomic E-state index is 10.8. The van der Waals surface area contributed by atoms with Crippen LogP contribution in [0.1, 0.15) is 39.2 Å². The predicted molar refractivity (Wildman–Crippen MR) is 81.6 cm³/mol. The molecule has 1 saturated heterocycles. The van der Waals surface area contributed by atoms with Crippen LogP contribution in [0.3, 0.4) is 0 Å². The summed E-state index contributed by atoms with van der Waals surface area (Å²) in [5, 5.41) is 7.76. The second kappa shape index (κ2) is 5.80. The molecule has 1 aromatic heterocycles. The summed E-state index contributed by atoms with van der Waals surface area (Å²) in [6.45, 7) is 8.10. The molecule has 1 aromatic rings. The number of hydrogen-bond donors (Lipinski definition) is 1. The molecule has 0 bridgehead atoms. The highest BCUT2D eigenvalue weighted by Gasteiger charge is 2.34. The minimum Gasteiger partial charge on any atom is -0.317 e. The summed E-state index contributed by atoms with van der Waals surface area (Å²) >= 11 is 3.63. The highest BCUT2D eigenvalue weighted by Crippen LogP contribution is 2.32. The standard InChI is InChI=1S/C14H21BrN4O/c1-13(2,3)19-12(15)11(9-18-19)8-14(17-10-20)4-6-16-7-5-14/h9,16H,4-8H2,1-3H3. The van der Waals surface area contributed by atoms with Gasteiger partial charge in [-0.3, -0.25) is 4.68 Å². The minimum absolute atomic E-state index is 0.0771. The van der Waals surface area contributed by atoms with Crippen LogP contribution in [0.25, 0.3) is 0 Å². The molecule has 0 unspecified atom stereocenters. The topological polar surface area (TPSA) is 59.3 Å². The Hall–Kier alpha value is -0.970. The molecule has 2 rings (SSSR count). The Morgan fingerprint density at radius 3 is 2.65 bits per heavy atom. The van der Waals surface area contributed by atoms with E-state index >= 15 is 0 Å². The van der Waals surface area contributed by atoms with E-state index in [0.29, 0.717) is 0 Å². The lowest BCUT2D eigenvalue weighted by atomic mass is 9.84. The van der Waals surface area contributed by atoms with Gasteiger partial charge in [-0.2, -0.15) is 10.1 Å². The molecule has 0 radical (unpaired) electrons. The fourth-order valence-corrected chi connectivity index (χ4v) is 3.49. The van der Waals surface area contributed by atoms with Crippen molar-refractivity contribution in [1.29, 1.82) is 0 Å². The van der Waals surface area contributed by atoms with Crippen molar-refractivity contribution < 1.29 is 4.79 Å². The molecule has 6 heteroatoms. The molecule has 5 nitrogen and oxygen atoms in total. The number of halogens is 1. The van der Waals surface area contributed by atoms with Crippen LogP contribution in [0.2, 0.25) is 0 Å². The highest BCUT2D eigenvalue weighted by atomic mass is 79.9. The number of rotatable bonds is 3. The molecule has 2 heterocycles. The van der Waals surface area contributed by atoms with Gasteiger partial charge < -0.3 is 5.32 Å². The van der Waals surface area contributed by atoms with Crippen LogP contribution < -0.4 is 5.32 Å².